The van der Waals surface area contributed by atoms with Crippen molar-refractivity contribution in [3.63, 3.8) is 0 Å². The lowest BCUT2D eigenvalue weighted by Crippen LogP contribution is -2.06. The summed E-state index contributed by atoms with van der Waals surface area (Å²) in [7, 11) is 0. The van der Waals surface area contributed by atoms with Crippen molar-refractivity contribution in [1.82, 2.24) is 0 Å². The summed E-state index contributed by atoms with van der Waals surface area (Å²) in [6, 6.07) is 7.90. The van der Waals surface area contributed by atoms with Crippen molar-refractivity contribution < 1.29 is 9.18 Å². The van der Waals surface area contributed by atoms with E-state index in [1.54, 1.807) is 18.2 Å². The SMILES string of the molecule is Cc1cc(C(=O)c2cccc(F)c2Br)c(C)cc1Cl. The molecule has 4 heteroatoms. The van der Waals surface area contributed by atoms with Crippen LogP contribution in [0.5, 0.6) is 0 Å². The van der Waals surface area contributed by atoms with E-state index in [-0.39, 0.29) is 10.3 Å². The number of carbonyl (C=O) groups excluding carboxylic acids is 1. The van der Waals surface area contributed by atoms with Crippen LogP contribution in [0, 0.1) is 19.7 Å². The maximum absolute atomic E-state index is 13.5. The minimum Gasteiger partial charge on any atom is -0.289 e. The van der Waals surface area contributed by atoms with Crippen LogP contribution in [-0.4, -0.2) is 5.78 Å². The molecule has 2 aromatic carbocycles. The van der Waals surface area contributed by atoms with Gasteiger partial charge in [0.25, 0.3) is 0 Å². The maximum Gasteiger partial charge on any atom is 0.194 e. The molecule has 2 rings (SSSR count). The fourth-order valence-electron chi connectivity index (χ4n) is 1.85. The number of rotatable bonds is 2. The molecule has 0 aliphatic heterocycles. The zero-order valence-corrected chi connectivity index (χ0v) is 12.8. The molecular formula is C15H11BrClFO. The first-order chi connectivity index (χ1) is 8.91. The number of hydrogen-bond donors (Lipinski definition) is 0. The second kappa shape index (κ2) is 5.43. The molecule has 98 valence electrons. The van der Waals surface area contributed by atoms with Crippen LogP contribution in [-0.2, 0) is 0 Å². The predicted molar refractivity (Wildman–Crippen MR) is 78.5 cm³/mol. The van der Waals surface area contributed by atoms with Crippen molar-refractivity contribution in [3.05, 3.63) is 67.9 Å². The lowest BCUT2D eigenvalue weighted by molar-refractivity contribution is 0.103. The topological polar surface area (TPSA) is 17.1 Å². The number of ketones is 1. The molecule has 0 heterocycles. The van der Waals surface area contributed by atoms with Gasteiger partial charge >= 0.3 is 0 Å². The van der Waals surface area contributed by atoms with Crippen LogP contribution in [0.4, 0.5) is 4.39 Å². The van der Waals surface area contributed by atoms with Crippen LogP contribution in [0.3, 0.4) is 0 Å². The highest BCUT2D eigenvalue weighted by atomic mass is 79.9. The number of carbonyl (C=O) groups is 1. The normalized spacial score (nSPS) is 10.6. The summed E-state index contributed by atoms with van der Waals surface area (Å²) in [6.07, 6.45) is 0. The van der Waals surface area contributed by atoms with Crippen LogP contribution < -0.4 is 0 Å². The molecule has 0 unspecified atom stereocenters. The van der Waals surface area contributed by atoms with E-state index in [2.05, 4.69) is 15.9 Å². The third kappa shape index (κ3) is 2.72. The summed E-state index contributed by atoms with van der Waals surface area (Å²) in [5, 5.41) is 0.618. The van der Waals surface area contributed by atoms with Crippen molar-refractivity contribution in [2.24, 2.45) is 0 Å². The molecule has 0 spiro atoms. The smallest absolute Gasteiger partial charge is 0.194 e. The molecule has 0 bridgehead atoms. The Morgan fingerprint density at radius 1 is 1.16 bits per heavy atom. The van der Waals surface area contributed by atoms with E-state index in [4.69, 9.17) is 11.6 Å². The van der Waals surface area contributed by atoms with Crippen molar-refractivity contribution in [1.29, 1.82) is 0 Å². The molecule has 0 fully saturated rings. The van der Waals surface area contributed by atoms with Gasteiger partial charge in [-0.15, -0.1) is 0 Å². The molecule has 2 aromatic rings. The lowest BCUT2D eigenvalue weighted by Gasteiger charge is -2.09. The molecule has 0 atom stereocenters. The summed E-state index contributed by atoms with van der Waals surface area (Å²) < 4.78 is 13.7. The predicted octanol–water partition coefficient (Wildman–Crippen LogP) is 5.09. The highest BCUT2D eigenvalue weighted by Crippen LogP contribution is 2.27. The number of hydrogen-bond acceptors (Lipinski definition) is 1. The maximum atomic E-state index is 13.5. The second-order valence-electron chi connectivity index (χ2n) is 4.35. The third-order valence-electron chi connectivity index (χ3n) is 2.95. The van der Waals surface area contributed by atoms with Crippen LogP contribution >= 0.6 is 27.5 Å². The molecule has 0 N–H and O–H groups in total. The molecule has 0 aliphatic carbocycles. The van der Waals surface area contributed by atoms with Gasteiger partial charge in [-0.3, -0.25) is 4.79 Å². The molecule has 0 saturated carbocycles. The van der Waals surface area contributed by atoms with Gasteiger partial charge in [0.1, 0.15) is 5.82 Å². The Hall–Kier alpha value is -1.19. The Kier molecular flexibility index (Phi) is 4.07. The first-order valence-corrected chi connectivity index (χ1v) is 6.84. The largest absolute Gasteiger partial charge is 0.289 e. The van der Waals surface area contributed by atoms with Gasteiger partial charge in [0, 0.05) is 16.1 Å². The molecule has 0 saturated heterocycles. The average Bonchev–Trinajstić information content (AvgIpc) is 2.36. The van der Waals surface area contributed by atoms with Crippen molar-refractivity contribution in [3.8, 4) is 0 Å². The molecule has 0 aliphatic rings. The molecular weight excluding hydrogens is 331 g/mol. The van der Waals surface area contributed by atoms with Gasteiger partial charge in [-0.2, -0.15) is 0 Å². The van der Waals surface area contributed by atoms with E-state index in [0.717, 1.165) is 11.1 Å². The molecule has 0 amide bonds. The average molecular weight is 342 g/mol. The van der Waals surface area contributed by atoms with E-state index < -0.39 is 5.82 Å². The van der Waals surface area contributed by atoms with Crippen LogP contribution in [0.2, 0.25) is 5.02 Å². The Bertz CT molecular complexity index is 667. The number of halogens is 3. The van der Waals surface area contributed by atoms with E-state index in [1.807, 2.05) is 13.8 Å². The number of benzene rings is 2. The summed E-state index contributed by atoms with van der Waals surface area (Å²) in [5.41, 5.74) is 2.44. The van der Waals surface area contributed by atoms with E-state index >= 15 is 0 Å². The molecule has 0 radical (unpaired) electrons. The van der Waals surface area contributed by atoms with Gasteiger partial charge in [0.2, 0.25) is 0 Å². The minimum atomic E-state index is -0.450. The van der Waals surface area contributed by atoms with Crippen LogP contribution in [0.15, 0.2) is 34.8 Å². The molecule has 0 aromatic heterocycles. The van der Waals surface area contributed by atoms with Gasteiger partial charge in [-0.25, -0.2) is 4.39 Å². The summed E-state index contributed by atoms with van der Waals surface area (Å²) >= 11 is 9.13. The number of aryl methyl sites for hydroxylation is 2. The quantitative estimate of drug-likeness (QED) is 0.695. The zero-order valence-electron chi connectivity index (χ0n) is 10.4. The van der Waals surface area contributed by atoms with E-state index in [1.165, 1.54) is 12.1 Å². The van der Waals surface area contributed by atoms with Crippen LogP contribution in [0.1, 0.15) is 27.0 Å². The highest BCUT2D eigenvalue weighted by Gasteiger charge is 2.17. The van der Waals surface area contributed by atoms with Crippen LogP contribution in [0.25, 0.3) is 0 Å². The van der Waals surface area contributed by atoms with Crippen molar-refractivity contribution in [2.45, 2.75) is 13.8 Å². The molecule has 1 nitrogen and oxygen atoms in total. The van der Waals surface area contributed by atoms with E-state index in [9.17, 15) is 9.18 Å². The third-order valence-corrected chi connectivity index (χ3v) is 4.16. The van der Waals surface area contributed by atoms with Gasteiger partial charge < -0.3 is 0 Å². The van der Waals surface area contributed by atoms with Crippen molar-refractivity contribution in [2.75, 3.05) is 0 Å². The Labute approximate surface area is 124 Å². The Balaban J connectivity index is 2.56. The standard InChI is InChI=1S/C15H11BrClFO/c1-8-7-12(17)9(2)6-11(8)15(19)10-4-3-5-13(18)14(10)16/h3-7H,1-2H3. The monoisotopic (exact) mass is 340 g/mol. The van der Waals surface area contributed by atoms with Gasteiger partial charge in [-0.05, 0) is 65.2 Å². The first-order valence-electron chi connectivity index (χ1n) is 5.67. The fourth-order valence-corrected chi connectivity index (χ4v) is 2.51. The first kappa shape index (κ1) is 14.2. The van der Waals surface area contributed by atoms with Crippen molar-refractivity contribution >= 4 is 33.3 Å². The lowest BCUT2D eigenvalue weighted by atomic mass is 9.97. The van der Waals surface area contributed by atoms with Gasteiger partial charge in [0.15, 0.2) is 5.78 Å². The Morgan fingerprint density at radius 3 is 2.53 bits per heavy atom. The summed E-state index contributed by atoms with van der Waals surface area (Å²) in [4.78, 5) is 12.5. The van der Waals surface area contributed by atoms with E-state index in [0.29, 0.717) is 16.1 Å². The van der Waals surface area contributed by atoms with Gasteiger partial charge in [-0.1, -0.05) is 17.7 Å². The summed E-state index contributed by atoms with van der Waals surface area (Å²) in [6.45, 7) is 3.64. The minimum absolute atomic E-state index is 0.187. The zero-order chi connectivity index (χ0) is 14.2. The summed E-state index contributed by atoms with van der Waals surface area (Å²) in [5.74, 6) is -0.669. The fraction of sp³-hybridized carbons (Fsp3) is 0.133. The highest BCUT2D eigenvalue weighted by molar-refractivity contribution is 9.10. The Morgan fingerprint density at radius 2 is 1.84 bits per heavy atom. The second-order valence-corrected chi connectivity index (χ2v) is 5.55. The molecule has 19 heavy (non-hydrogen) atoms. The van der Waals surface area contributed by atoms with Gasteiger partial charge in [0.05, 0.1) is 4.47 Å².